The SMILES string of the molecule is Cc1cncc(Cc2sc(C(C)C)cc2F)c1. The number of pyridine rings is 1. The minimum Gasteiger partial charge on any atom is -0.264 e. The number of aromatic nitrogens is 1. The maximum atomic E-state index is 13.7. The summed E-state index contributed by atoms with van der Waals surface area (Å²) < 4.78 is 13.7. The van der Waals surface area contributed by atoms with Gasteiger partial charge in [-0.25, -0.2) is 4.39 Å². The molecule has 0 aliphatic heterocycles. The molecule has 0 saturated carbocycles. The van der Waals surface area contributed by atoms with Crippen LogP contribution in [0.4, 0.5) is 4.39 Å². The zero-order valence-corrected chi connectivity index (χ0v) is 11.1. The average Bonchev–Trinajstić information content (AvgIpc) is 2.61. The van der Waals surface area contributed by atoms with Crippen molar-refractivity contribution in [3.8, 4) is 0 Å². The summed E-state index contributed by atoms with van der Waals surface area (Å²) in [4.78, 5) is 6.05. The highest BCUT2D eigenvalue weighted by molar-refractivity contribution is 7.12. The predicted octanol–water partition coefficient (Wildman–Crippen LogP) is 4.30. The van der Waals surface area contributed by atoms with Crippen molar-refractivity contribution in [3.05, 3.63) is 51.2 Å². The number of hydrogen-bond acceptors (Lipinski definition) is 2. The lowest BCUT2D eigenvalue weighted by atomic mass is 10.1. The van der Waals surface area contributed by atoms with Gasteiger partial charge in [0.1, 0.15) is 5.82 Å². The van der Waals surface area contributed by atoms with Crippen molar-refractivity contribution in [2.45, 2.75) is 33.1 Å². The highest BCUT2D eigenvalue weighted by atomic mass is 32.1. The third-order valence-corrected chi connectivity index (χ3v) is 4.05. The second-order valence-electron chi connectivity index (χ2n) is 4.62. The van der Waals surface area contributed by atoms with E-state index < -0.39 is 0 Å². The number of aryl methyl sites for hydroxylation is 1. The van der Waals surface area contributed by atoms with Crippen LogP contribution in [0.1, 0.15) is 40.6 Å². The van der Waals surface area contributed by atoms with Crippen LogP contribution in [-0.2, 0) is 6.42 Å². The molecular formula is C14H16FNS. The highest BCUT2D eigenvalue weighted by Gasteiger charge is 2.11. The molecule has 0 unspecified atom stereocenters. The molecule has 0 aromatic carbocycles. The van der Waals surface area contributed by atoms with E-state index in [1.54, 1.807) is 23.6 Å². The number of halogens is 1. The van der Waals surface area contributed by atoms with Crippen LogP contribution in [0.5, 0.6) is 0 Å². The van der Waals surface area contributed by atoms with E-state index in [-0.39, 0.29) is 5.82 Å². The fraction of sp³-hybridized carbons (Fsp3) is 0.357. The topological polar surface area (TPSA) is 12.9 Å². The second kappa shape index (κ2) is 4.96. The van der Waals surface area contributed by atoms with Gasteiger partial charge in [-0.3, -0.25) is 4.98 Å². The van der Waals surface area contributed by atoms with Crippen molar-refractivity contribution in [2.75, 3.05) is 0 Å². The van der Waals surface area contributed by atoms with Gasteiger partial charge in [0.25, 0.3) is 0 Å². The van der Waals surface area contributed by atoms with E-state index in [0.717, 1.165) is 20.9 Å². The van der Waals surface area contributed by atoms with Crippen LogP contribution in [0, 0.1) is 12.7 Å². The molecule has 2 aromatic heterocycles. The third kappa shape index (κ3) is 2.91. The van der Waals surface area contributed by atoms with Crippen LogP contribution in [0.15, 0.2) is 24.5 Å². The van der Waals surface area contributed by atoms with Crippen LogP contribution < -0.4 is 0 Å². The van der Waals surface area contributed by atoms with Crippen molar-refractivity contribution in [1.82, 2.24) is 4.98 Å². The van der Waals surface area contributed by atoms with Crippen molar-refractivity contribution >= 4 is 11.3 Å². The molecule has 0 spiro atoms. The van der Waals surface area contributed by atoms with Gasteiger partial charge < -0.3 is 0 Å². The summed E-state index contributed by atoms with van der Waals surface area (Å²) in [5, 5.41) is 0. The fourth-order valence-electron chi connectivity index (χ4n) is 1.73. The van der Waals surface area contributed by atoms with Gasteiger partial charge in [-0.1, -0.05) is 19.9 Å². The second-order valence-corrected chi connectivity index (χ2v) is 5.79. The van der Waals surface area contributed by atoms with Gasteiger partial charge in [0, 0.05) is 28.6 Å². The monoisotopic (exact) mass is 249 g/mol. The first-order valence-corrected chi connectivity index (χ1v) is 6.56. The number of hydrogen-bond donors (Lipinski definition) is 0. The molecule has 0 N–H and O–H groups in total. The van der Waals surface area contributed by atoms with E-state index in [9.17, 15) is 4.39 Å². The maximum Gasteiger partial charge on any atom is 0.137 e. The smallest absolute Gasteiger partial charge is 0.137 e. The van der Waals surface area contributed by atoms with Crippen molar-refractivity contribution in [1.29, 1.82) is 0 Å². The molecule has 90 valence electrons. The summed E-state index contributed by atoms with van der Waals surface area (Å²) in [6.07, 6.45) is 4.26. The van der Waals surface area contributed by atoms with Gasteiger partial charge in [-0.15, -0.1) is 11.3 Å². The molecule has 0 aliphatic rings. The average molecular weight is 249 g/mol. The molecule has 0 saturated heterocycles. The van der Waals surface area contributed by atoms with Gasteiger partial charge in [0.15, 0.2) is 0 Å². The first kappa shape index (κ1) is 12.2. The third-order valence-electron chi connectivity index (χ3n) is 2.64. The summed E-state index contributed by atoms with van der Waals surface area (Å²) in [5.41, 5.74) is 2.18. The van der Waals surface area contributed by atoms with E-state index >= 15 is 0 Å². The molecule has 2 aromatic rings. The fourth-order valence-corrected chi connectivity index (χ4v) is 2.81. The maximum absolute atomic E-state index is 13.7. The molecule has 17 heavy (non-hydrogen) atoms. The Balaban J connectivity index is 2.24. The Kier molecular flexibility index (Phi) is 3.57. The Bertz CT molecular complexity index is 517. The Morgan fingerprint density at radius 1 is 1.29 bits per heavy atom. The molecule has 2 rings (SSSR count). The minimum atomic E-state index is -0.0831. The van der Waals surface area contributed by atoms with E-state index in [2.05, 4.69) is 24.9 Å². The Labute approximate surface area is 105 Å². The molecule has 0 fully saturated rings. The quantitative estimate of drug-likeness (QED) is 0.790. The van der Waals surface area contributed by atoms with Crippen LogP contribution in [-0.4, -0.2) is 4.98 Å². The Morgan fingerprint density at radius 3 is 2.65 bits per heavy atom. The van der Waals surface area contributed by atoms with Gasteiger partial charge in [0.05, 0.1) is 0 Å². The van der Waals surface area contributed by atoms with Crippen molar-refractivity contribution in [2.24, 2.45) is 0 Å². The summed E-state index contributed by atoms with van der Waals surface area (Å²) in [7, 11) is 0. The molecule has 1 nitrogen and oxygen atoms in total. The standard InChI is InChI=1S/C14H16FNS/c1-9(2)13-6-12(15)14(17-13)5-11-4-10(3)7-16-8-11/h4,6-9H,5H2,1-3H3. The lowest BCUT2D eigenvalue weighted by Gasteiger charge is -2.00. The summed E-state index contributed by atoms with van der Waals surface area (Å²) in [6, 6.07) is 3.72. The molecule has 2 heterocycles. The number of thiophene rings is 1. The van der Waals surface area contributed by atoms with E-state index in [1.165, 1.54) is 0 Å². The number of nitrogens with zero attached hydrogens (tertiary/aromatic N) is 1. The van der Waals surface area contributed by atoms with Crippen LogP contribution in [0.25, 0.3) is 0 Å². The summed E-state index contributed by atoms with van der Waals surface area (Å²) in [5.74, 6) is 0.305. The first-order valence-electron chi connectivity index (χ1n) is 5.75. The molecule has 0 radical (unpaired) electrons. The minimum absolute atomic E-state index is 0.0831. The van der Waals surface area contributed by atoms with Gasteiger partial charge in [-0.05, 0) is 30.0 Å². The van der Waals surface area contributed by atoms with E-state index in [0.29, 0.717) is 12.3 Å². The molecular weight excluding hydrogens is 233 g/mol. The molecule has 0 aliphatic carbocycles. The van der Waals surface area contributed by atoms with Crippen LogP contribution in [0.3, 0.4) is 0 Å². The predicted molar refractivity (Wildman–Crippen MR) is 70.1 cm³/mol. The molecule has 0 atom stereocenters. The lowest BCUT2D eigenvalue weighted by molar-refractivity contribution is 0.619. The van der Waals surface area contributed by atoms with Crippen molar-refractivity contribution < 1.29 is 4.39 Å². The highest BCUT2D eigenvalue weighted by Crippen LogP contribution is 2.29. The summed E-state index contributed by atoms with van der Waals surface area (Å²) >= 11 is 1.57. The van der Waals surface area contributed by atoms with Crippen molar-refractivity contribution in [3.63, 3.8) is 0 Å². The van der Waals surface area contributed by atoms with Gasteiger partial charge in [-0.2, -0.15) is 0 Å². The molecule has 3 heteroatoms. The summed E-state index contributed by atoms with van der Waals surface area (Å²) in [6.45, 7) is 6.17. The van der Waals surface area contributed by atoms with Crippen LogP contribution in [0.2, 0.25) is 0 Å². The molecule has 0 bridgehead atoms. The van der Waals surface area contributed by atoms with Gasteiger partial charge in [0.2, 0.25) is 0 Å². The largest absolute Gasteiger partial charge is 0.264 e. The normalized spacial score (nSPS) is 11.1. The Morgan fingerprint density at radius 2 is 2.06 bits per heavy atom. The molecule has 0 amide bonds. The van der Waals surface area contributed by atoms with E-state index in [4.69, 9.17) is 0 Å². The number of rotatable bonds is 3. The zero-order chi connectivity index (χ0) is 12.4. The lowest BCUT2D eigenvalue weighted by Crippen LogP contribution is -1.89. The zero-order valence-electron chi connectivity index (χ0n) is 10.3. The van der Waals surface area contributed by atoms with E-state index in [1.807, 2.05) is 13.1 Å². The first-order chi connectivity index (χ1) is 8.06. The Hall–Kier alpha value is -1.22. The van der Waals surface area contributed by atoms with Crippen LogP contribution >= 0.6 is 11.3 Å². The van der Waals surface area contributed by atoms with Gasteiger partial charge >= 0.3 is 0 Å².